The lowest BCUT2D eigenvalue weighted by Gasteiger charge is -2.27. The molecule has 1 aliphatic heterocycles. The minimum absolute atomic E-state index is 0.546. The van der Waals surface area contributed by atoms with Gasteiger partial charge in [0, 0.05) is 12.2 Å². The van der Waals surface area contributed by atoms with E-state index < -0.39 is 0 Å². The molecule has 15 heavy (non-hydrogen) atoms. The molecular weight excluding hydrogens is 184 g/mol. The highest BCUT2D eigenvalue weighted by molar-refractivity contribution is 5.18. The summed E-state index contributed by atoms with van der Waals surface area (Å²) in [6.07, 6.45) is 4.49. The van der Waals surface area contributed by atoms with Crippen LogP contribution in [0, 0.1) is 6.92 Å². The fraction of sp³-hybridized carbons (Fsp3) is 0.615. The first-order valence-electron chi connectivity index (χ1n) is 5.87. The van der Waals surface area contributed by atoms with Crippen LogP contribution < -0.4 is 0 Å². The number of nitrogens with zero attached hydrogens (tertiary/aromatic N) is 2. The Bertz CT molecular complexity index is 333. The molecule has 1 unspecified atom stereocenters. The van der Waals surface area contributed by atoms with Crippen molar-refractivity contribution in [1.29, 1.82) is 0 Å². The van der Waals surface area contributed by atoms with Crippen LogP contribution in [0.3, 0.4) is 0 Å². The average molecular weight is 204 g/mol. The lowest BCUT2D eigenvalue weighted by atomic mass is 10.1. The van der Waals surface area contributed by atoms with Crippen LogP contribution in [-0.2, 0) is 0 Å². The Balaban J connectivity index is 2.22. The topological polar surface area (TPSA) is 16.1 Å². The molecule has 0 spiro atoms. The van der Waals surface area contributed by atoms with Crippen molar-refractivity contribution in [3.63, 3.8) is 0 Å². The second-order valence-electron chi connectivity index (χ2n) is 4.75. The number of hydrogen-bond donors (Lipinski definition) is 0. The van der Waals surface area contributed by atoms with Crippen LogP contribution in [-0.4, -0.2) is 22.5 Å². The Hall–Kier alpha value is -0.890. The molecule has 1 aliphatic rings. The first-order chi connectivity index (χ1) is 7.18. The summed E-state index contributed by atoms with van der Waals surface area (Å²) in [7, 11) is 0. The predicted octanol–water partition coefficient (Wildman–Crippen LogP) is 2.94. The minimum Gasteiger partial charge on any atom is -0.292 e. The molecule has 82 valence electrons. The third-order valence-electron chi connectivity index (χ3n) is 3.24. The monoisotopic (exact) mass is 204 g/mol. The Kier molecular flexibility index (Phi) is 3.06. The zero-order valence-electron chi connectivity index (χ0n) is 9.90. The van der Waals surface area contributed by atoms with Crippen molar-refractivity contribution in [2.45, 2.75) is 45.7 Å². The summed E-state index contributed by atoms with van der Waals surface area (Å²) in [5.74, 6) is 0. The van der Waals surface area contributed by atoms with Crippen LogP contribution >= 0.6 is 0 Å². The number of aryl methyl sites for hydroxylation is 1. The van der Waals surface area contributed by atoms with E-state index in [-0.39, 0.29) is 0 Å². The molecule has 1 atom stereocenters. The largest absolute Gasteiger partial charge is 0.292 e. The van der Waals surface area contributed by atoms with Gasteiger partial charge in [-0.15, -0.1) is 0 Å². The van der Waals surface area contributed by atoms with E-state index in [9.17, 15) is 0 Å². The summed E-state index contributed by atoms with van der Waals surface area (Å²) in [5, 5.41) is 0. The maximum absolute atomic E-state index is 4.51. The number of hydrogen-bond acceptors (Lipinski definition) is 2. The van der Waals surface area contributed by atoms with Gasteiger partial charge in [0.1, 0.15) is 0 Å². The number of rotatable bonds is 2. The highest BCUT2D eigenvalue weighted by atomic mass is 15.2. The fourth-order valence-electron chi connectivity index (χ4n) is 2.47. The first kappa shape index (κ1) is 10.6. The molecule has 2 rings (SSSR count). The molecule has 0 radical (unpaired) electrons. The molecule has 0 aromatic carbocycles. The van der Waals surface area contributed by atoms with Gasteiger partial charge in [-0.2, -0.15) is 0 Å². The summed E-state index contributed by atoms with van der Waals surface area (Å²) in [4.78, 5) is 7.07. The lowest BCUT2D eigenvalue weighted by Crippen LogP contribution is -2.30. The van der Waals surface area contributed by atoms with Gasteiger partial charge in [0.15, 0.2) is 0 Å². The van der Waals surface area contributed by atoms with Crippen LogP contribution in [0.2, 0.25) is 0 Å². The van der Waals surface area contributed by atoms with Crippen molar-refractivity contribution in [3.8, 4) is 0 Å². The standard InChI is InChI=1S/C13H20N2/c1-10(2)15-8-4-5-13(15)12-9-11(3)6-7-14-12/h6-7,9-10,13H,4-5,8H2,1-3H3. The normalized spacial score (nSPS) is 22.5. The molecule has 0 N–H and O–H groups in total. The second kappa shape index (κ2) is 4.31. The second-order valence-corrected chi connectivity index (χ2v) is 4.75. The van der Waals surface area contributed by atoms with E-state index in [2.05, 4.69) is 42.8 Å². The third-order valence-corrected chi connectivity index (χ3v) is 3.24. The summed E-state index contributed by atoms with van der Waals surface area (Å²) >= 11 is 0. The Morgan fingerprint density at radius 3 is 2.93 bits per heavy atom. The van der Waals surface area contributed by atoms with Gasteiger partial charge in [-0.1, -0.05) is 0 Å². The van der Waals surface area contributed by atoms with Crippen LogP contribution in [0.25, 0.3) is 0 Å². The van der Waals surface area contributed by atoms with Gasteiger partial charge in [-0.25, -0.2) is 0 Å². The summed E-state index contributed by atoms with van der Waals surface area (Å²) < 4.78 is 0. The molecule has 0 bridgehead atoms. The van der Waals surface area contributed by atoms with Gasteiger partial charge < -0.3 is 0 Å². The minimum atomic E-state index is 0.546. The first-order valence-corrected chi connectivity index (χ1v) is 5.87. The SMILES string of the molecule is Cc1ccnc(C2CCCN2C(C)C)c1. The molecule has 1 aromatic heterocycles. The van der Waals surface area contributed by atoms with Gasteiger partial charge in [0.2, 0.25) is 0 Å². The highest BCUT2D eigenvalue weighted by Crippen LogP contribution is 2.32. The van der Waals surface area contributed by atoms with Gasteiger partial charge in [-0.3, -0.25) is 9.88 Å². The van der Waals surface area contributed by atoms with Crippen molar-refractivity contribution in [2.75, 3.05) is 6.54 Å². The van der Waals surface area contributed by atoms with Gasteiger partial charge in [0.25, 0.3) is 0 Å². The van der Waals surface area contributed by atoms with E-state index >= 15 is 0 Å². The maximum Gasteiger partial charge on any atom is 0.0578 e. The van der Waals surface area contributed by atoms with Crippen molar-refractivity contribution in [3.05, 3.63) is 29.6 Å². The third kappa shape index (κ3) is 2.20. The van der Waals surface area contributed by atoms with Crippen LogP contribution in [0.5, 0.6) is 0 Å². The Morgan fingerprint density at radius 1 is 1.47 bits per heavy atom. The Morgan fingerprint density at radius 2 is 2.27 bits per heavy atom. The van der Waals surface area contributed by atoms with E-state index in [0.29, 0.717) is 12.1 Å². The zero-order chi connectivity index (χ0) is 10.8. The van der Waals surface area contributed by atoms with Crippen LogP contribution in [0.1, 0.15) is 44.0 Å². The Labute approximate surface area is 92.3 Å². The van der Waals surface area contributed by atoms with Crippen molar-refractivity contribution >= 4 is 0 Å². The summed E-state index contributed by atoms with van der Waals surface area (Å²) in [6, 6.07) is 5.47. The number of aromatic nitrogens is 1. The fourth-order valence-corrected chi connectivity index (χ4v) is 2.47. The molecule has 0 aliphatic carbocycles. The molecule has 1 fully saturated rings. The quantitative estimate of drug-likeness (QED) is 0.736. The van der Waals surface area contributed by atoms with Crippen molar-refractivity contribution in [1.82, 2.24) is 9.88 Å². The van der Waals surface area contributed by atoms with Crippen LogP contribution in [0.15, 0.2) is 18.3 Å². The van der Waals surface area contributed by atoms with E-state index in [0.717, 1.165) is 0 Å². The maximum atomic E-state index is 4.51. The average Bonchev–Trinajstić information content (AvgIpc) is 2.65. The summed E-state index contributed by atoms with van der Waals surface area (Å²) in [5.41, 5.74) is 2.57. The summed E-state index contributed by atoms with van der Waals surface area (Å²) in [6.45, 7) is 7.90. The molecule has 1 aromatic rings. The van der Waals surface area contributed by atoms with Gasteiger partial charge in [0.05, 0.1) is 11.7 Å². The molecule has 2 nitrogen and oxygen atoms in total. The van der Waals surface area contributed by atoms with Crippen molar-refractivity contribution in [2.24, 2.45) is 0 Å². The van der Waals surface area contributed by atoms with E-state index in [4.69, 9.17) is 0 Å². The van der Waals surface area contributed by atoms with Crippen LogP contribution in [0.4, 0.5) is 0 Å². The molecule has 1 saturated heterocycles. The van der Waals surface area contributed by atoms with E-state index in [1.807, 2.05) is 6.20 Å². The molecular formula is C13H20N2. The smallest absolute Gasteiger partial charge is 0.0578 e. The van der Waals surface area contributed by atoms with E-state index in [1.165, 1.54) is 30.6 Å². The van der Waals surface area contributed by atoms with E-state index in [1.54, 1.807) is 0 Å². The van der Waals surface area contributed by atoms with Crippen molar-refractivity contribution < 1.29 is 0 Å². The molecule has 2 heterocycles. The van der Waals surface area contributed by atoms with Gasteiger partial charge >= 0.3 is 0 Å². The van der Waals surface area contributed by atoms with Gasteiger partial charge in [-0.05, 0) is 57.9 Å². The molecule has 0 saturated carbocycles. The lowest BCUT2D eigenvalue weighted by molar-refractivity contribution is 0.202. The predicted molar refractivity (Wildman–Crippen MR) is 62.8 cm³/mol. The number of pyridine rings is 1. The zero-order valence-corrected chi connectivity index (χ0v) is 9.90. The number of likely N-dealkylation sites (tertiary alicyclic amines) is 1. The highest BCUT2D eigenvalue weighted by Gasteiger charge is 2.28. The molecule has 0 amide bonds. The molecule has 2 heteroatoms.